The van der Waals surface area contributed by atoms with Gasteiger partial charge in [-0.2, -0.15) is 9.57 Å². The molecule has 0 amide bonds. The van der Waals surface area contributed by atoms with Crippen LogP contribution in [0.4, 0.5) is 5.69 Å². The van der Waals surface area contributed by atoms with E-state index in [1.165, 1.54) is 0 Å². The molecule has 1 heterocycles. The molecule has 0 N–H and O–H groups in total. The molecule has 0 radical (unpaired) electrons. The van der Waals surface area contributed by atoms with Gasteiger partial charge >= 0.3 is 0 Å². The molecule has 3 aromatic carbocycles. The minimum Gasteiger partial charge on any atom is -0.369 e. The van der Waals surface area contributed by atoms with Gasteiger partial charge < -0.3 is 4.90 Å². The quantitative estimate of drug-likeness (QED) is 0.666. The topological polar surface area (TPSA) is 64.4 Å². The summed E-state index contributed by atoms with van der Waals surface area (Å²) in [6.07, 6.45) is 0. The van der Waals surface area contributed by atoms with Gasteiger partial charge in [-0.15, -0.1) is 0 Å². The van der Waals surface area contributed by atoms with E-state index in [0.717, 1.165) is 16.8 Å². The van der Waals surface area contributed by atoms with Crippen LogP contribution in [0.2, 0.25) is 0 Å². The normalized spacial score (nSPS) is 15.1. The summed E-state index contributed by atoms with van der Waals surface area (Å²) in [6, 6.07) is 26.5. The maximum absolute atomic E-state index is 13.0. The molecule has 4 rings (SSSR count). The highest BCUT2D eigenvalue weighted by atomic mass is 32.2. The van der Waals surface area contributed by atoms with E-state index in [1.807, 2.05) is 54.6 Å². The lowest BCUT2D eigenvalue weighted by Crippen LogP contribution is -2.48. The molecule has 0 spiro atoms. The van der Waals surface area contributed by atoms with Crippen LogP contribution in [-0.4, -0.2) is 38.9 Å². The van der Waals surface area contributed by atoms with Gasteiger partial charge in [0.05, 0.1) is 16.5 Å². The molecule has 0 aliphatic carbocycles. The molecular weight excluding hydrogens is 382 g/mol. The summed E-state index contributed by atoms with van der Waals surface area (Å²) in [5, 5.41) is 8.92. The second kappa shape index (κ2) is 8.08. The number of benzene rings is 3. The van der Waals surface area contributed by atoms with Crippen molar-refractivity contribution in [2.45, 2.75) is 4.90 Å². The number of sulfonamides is 1. The fourth-order valence-electron chi connectivity index (χ4n) is 3.53. The van der Waals surface area contributed by atoms with Crippen molar-refractivity contribution < 1.29 is 8.42 Å². The van der Waals surface area contributed by atoms with E-state index in [9.17, 15) is 8.42 Å². The first-order valence-corrected chi connectivity index (χ1v) is 10.9. The third kappa shape index (κ3) is 4.02. The minimum absolute atomic E-state index is 0.323. The Morgan fingerprint density at radius 2 is 1.31 bits per heavy atom. The van der Waals surface area contributed by atoms with Crippen LogP contribution in [0.1, 0.15) is 5.56 Å². The van der Waals surface area contributed by atoms with Gasteiger partial charge in [0.25, 0.3) is 0 Å². The predicted octanol–water partition coefficient (Wildman–Crippen LogP) is 3.74. The lowest BCUT2D eigenvalue weighted by Gasteiger charge is -2.35. The Hall–Kier alpha value is -3.14. The first-order chi connectivity index (χ1) is 14.1. The standard InChI is InChI=1S/C23H21N3O2S/c24-18-19-6-10-22(11-7-19)25-14-16-26(17-15-25)29(27,28)23-12-8-21(9-13-23)20-4-2-1-3-5-20/h1-13H,14-17H2. The van der Waals surface area contributed by atoms with E-state index in [-0.39, 0.29) is 0 Å². The number of piperazine rings is 1. The van der Waals surface area contributed by atoms with Gasteiger partial charge in [-0.05, 0) is 47.5 Å². The van der Waals surface area contributed by atoms with Gasteiger partial charge in [-0.25, -0.2) is 8.42 Å². The molecule has 1 fully saturated rings. The molecule has 146 valence electrons. The molecule has 6 heteroatoms. The van der Waals surface area contributed by atoms with E-state index >= 15 is 0 Å². The highest BCUT2D eigenvalue weighted by Crippen LogP contribution is 2.24. The zero-order valence-corrected chi connectivity index (χ0v) is 16.7. The Labute approximate surface area is 171 Å². The number of rotatable bonds is 4. The summed E-state index contributed by atoms with van der Waals surface area (Å²) >= 11 is 0. The Bertz CT molecular complexity index is 1110. The molecular formula is C23H21N3O2S. The molecule has 0 bridgehead atoms. The lowest BCUT2D eigenvalue weighted by atomic mass is 10.1. The minimum atomic E-state index is -3.51. The second-order valence-electron chi connectivity index (χ2n) is 6.94. The summed E-state index contributed by atoms with van der Waals surface area (Å²) in [5.41, 5.74) is 3.69. The Morgan fingerprint density at radius 1 is 0.724 bits per heavy atom. The number of nitriles is 1. The predicted molar refractivity (Wildman–Crippen MR) is 114 cm³/mol. The van der Waals surface area contributed by atoms with Gasteiger partial charge in [0.15, 0.2) is 0 Å². The van der Waals surface area contributed by atoms with Crippen LogP contribution in [0.25, 0.3) is 11.1 Å². The Kier molecular flexibility index (Phi) is 5.34. The fourth-order valence-corrected chi connectivity index (χ4v) is 4.95. The summed E-state index contributed by atoms with van der Waals surface area (Å²) in [5.74, 6) is 0. The summed E-state index contributed by atoms with van der Waals surface area (Å²) in [4.78, 5) is 2.47. The smallest absolute Gasteiger partial charge is 0.243 e. The van der Waals surface area contributed by atoms with Gasteiger partial charge in [-0.3, -0.25) is 0 Å². The van der Waals surface area contributed by atoms with Gasteiger partial charge in [0, 0.05) is 31.9 Å². The van der Waals surface area contributed by atoms with Crippen LogP contribution >= 0.6 is 0 Å². The largest absolute Gasteiger partial charge is 0.369 e. The summed E-state index contributed by atoms with van der Waals surface area (Å²) in [7, 11) is -3.51. The van der Waals surface area contributed by atoms with Crippen LogP contribution in [0.15, 0.2) is 83.8 Å². The van der Waals surface area contributed by atoms with Crippen molar-refractivity contribution in [1.29, 1.82) is 5.26 Å². The van der Waals surface area contributed by atoms with Crippen LogP contribution < -0.4 is 4.90 Å². The summed E-state index contributed by atoms with van der Waals surface area (Å²) < 4.78 is 27.6. The van der Waals surface area contributed by atoms with E-state index in [1.54, 1.807) is 28.6 Å². The Balaban J connectivity index is 1.45. The fraction of sp³-hybridized carbons (Fsp3) is 0.174. The van der Waals surface area contributed by atoms with Crippen molar-refractivity contribution in [2.24, 2.45) is 0 Å². The molecule has 1 aliphatic rings. The number of nitrogens with zero attached hydrogens (tertiary/aromatic N) is 3. The van der Waals surface area contributed by atoms with E-state index in [2.05, 4.69) is 11.0 Å². The average Bonchev–Trinajstić information content (AvgIpc) is 2.80. The molecule has 1 aliphatic heterocycles. The van der Waals surface area contributed by atoms with Crippen molar-refractivity contribution in [3.63, 3.8) is 0 Å². The van der Waals surface area contributed by atoms with Crippen molar-refractivity contribution in [2.75, 3.05) is 31.1 Å². The zero-order valence-electron chi connectivity index (χ0n) is 15.9. The molecule has 0 saturated carbocycles. The third-order valence-corrected chi connectivity index (χ3v) is 7.11. The maximum Gasteiger partial charge on any atom is 0.243 e. The van der Waals surface area contributed by atoms with E-state index < -0.39 is 10.0 Å². The SMILES string of the molecule is N#Cc1ccc(N2CCN(S(=O)(=O)c3ccc(-c4ccccc4)cc3)CC2)cc1. The zero-order chi connectivity index (χ0) is 20.3. The van der Waals surface area contributed by atoms with Crippen LogP contribution in [0.3, 0.4) is 0 Å². The number of hydrogen-bond acceptors (Lipinski definition) is 4. The monoisotopic (exact) mass is 403 g/mol. The first-order valence-electron chi connectivity index (χ1n) is 9.49. The van der Waals surface area contributed by atoms with E-state index in [4.69, 9.17) is 5.26 Å². The van der Waals surface area contributed by atoms with E-state index in [0.29, 0.717) is 36.6 Å². The van der Waals surface area contributed by atoms with Crippen LogP contribution in [-0.2, 0) is 10.0 Å². The van der Waals surface area contributed by atoms with Crippen LogP contribution in [0.5, 0.6) is 0 Å². The van der Waals surface area contributed by atoms with Crippen molar-refractivity contribution in [3.8, 4) is 17.2 Å². The van der Waals surface area contributed by atoms with Gasteiger partial charge in [0.2, 0.25) is 10.0 Å². The molecule has 29 heavy (non-hydrogen) atoms. The van der Waals surface area contributed by atoms with Crippen LogP contribution in [0, 0.1) is 11.3 Å². The summed E-state index contributed by atoms with van der Waals surface area (Å²) in [6.45, 7) is 2.10. The number of hydrogen-bond donors (Lipinski definition) is 0. The Morgan fingerprint density at radius 3 is 1.90 bits per heavy atom. The highest BCUT2D eigenvalue weighted by molar-refractivity contribution is 7.89. The molecule has 1 saturated heterocycles. The molecule has 0 atom stereocenters. The molecule has 0 aromatic heterocycles. The molecule has 3 aromatic rings. The van der Waals surface area contributed by atoms with Crippen molar-refractivity contribution in [1.82, 2.24) is 4.31 Å². The average molecular weight is 404 g/mol. The maximum atomic E-state index is 13.0. The van der Waals surface area contributed by atoms with Gasteiger partial charge in [0.1, 0.15) is 0 Å². The van der Waals surface area contributed by atoms with Gasteiger partial charge in [-0.1, -0.05) is 42.5 Å². The molecule has 0 unspecified atom stereocenters. The first kappa shape index (κ1) is 19.2. The molecule has 5 nitrogen and oxygen atoms in total. The highest BCUT2D eigenvalue weighted by Gasteiger charge is 2.28. The second-order valence-corrected chi connectivity index (χ2v) is 8.88. The van der Waals surface area contributed by atoms with Crippen molar-refractivity contribution >= 4 is 15.7 Å². The number of anilines is 1. The third-order valence-electron chi connectivity index (χ3n) is 5.20. The van der Waals surface area contributed by atoms with Crippen molar-refractivity contribution in [3.05, 3.63) is 84.4 Å². The lowest BCUT2D eigenvalue weighted by molar-refractivity contribution is 0.385.